The highest BCUT2D eigenvalue weighted by Gasteiger charge is 2.31. The van der Waals surface area contributed by atoms with E-state index in [9.17, 15) is 13.2 Å². The van der Waals surface area contributed by atoms with Crippen LogP contribution in [0.15, 0.2) is 18.2 Å². The van der Waals surface area contributed by atoms with Crippen molar-refractivity contribution in [2.24, 2.45) is 0 Å². The van der Waals surface area contributed by atoms with Gasteiger partial charge in [0, 0.05) is 11.1 Å². The minimum atomic E-state index is -4.31. The second-order valence-corrected chi connectivity index (χ2v) is 5.06. The van der Waals surface area contributed by atoms with Crippen molar-refractivity contribution in [2.45, 2.75) is 37.9 Å². The summed E-state index contributed by atoms with van der Waals surface area (Å²) in [4.78, 5) is 0. The lowest BCUT2D eigenvalue weighted by atomic mass is 9.96. The van der Waals surface area contributed by atoms with Gasteiger partial charge in [0.2, 0.25) is 0 Å². The van der Waals surface area contributed by atoms with E-state index in [1.54, 1.807) is 0 Å². The van der Waals surface area contributed by atoms with Crippen molar-refractivity contribution in [3.8, 4) is 0 Å². The van der Waals surface area contributed by atoms with Gasteiger partial charge in [-0.1, -0.05) is 18.0 Å². The van der Waals surface area contributed by atoms with Crippen LogP contribution in [0.1, 0.15) is 30.4 Å². The summed E-state index contributed by atoms with van der Waals surface area (Å²) in [5.41, 5.74) is -0.0522. The van der Waals surface area contributed by atoms with Gasteiger partial charge in [-0.25, -0.2) is 0 Å². The molecule has 0 amide bonds. The first-order valence-electron chi connectivity index (χ1n) is 6.06. The van der Waals surface area contributed by atoms with Crippen molar-refractivity contribution in [3.63, 3.8) is 0 Å². The topological polar surface area (TPSA) is 12.0 Å². The Hall–Kier alpha value is -0.740. The van der Waals surface area contributed by atoms with Crippen molar-refractivity contribution >= 4 is 11.6 Å². The molecule has 1 saturated heterocycles. The lowest BCUT2D eigenvalue weighted by Crippen LogP contribution is -2.35. The van der Waals surface area contributed by atoms with E-state index in [1.165, 1.54) is 12.1 Å². The van der Waals surface area contributed by atoms with E-state index in [0.29, 0.717) is 17.0 Å². The van der Waals surface area contributed by atoms with E-state index >= 15 is 0 Å². The van der Waals surface area contributed by atoms with Crippen molar-refractivity contribution in [3.05, 3.63) is 34.3 Å². The Morgan fingerprint density at radius 3 is 2.67 bits per heavy atom. The molecule has 1 aliphatic heterocycles. The number of nitrogens with one attached hydrogen (secondary N) is 1. The predicted octanol–water partition coefficient (Wildman–Crippen LogP) is 4.04. The SMILES string of the molecule is FC(F)(F)c1ccc(Cl)c(CC2CCCCN2)c1. The lowest BCUT2D eigenvalue weighted by molar-refractivity contribution is -0.137. The van der Waals surface area contributed by atoms with Crippen LogP contribution in [0.5, 0.6) is 0 Å². The zero-order valence-electron chi connectivity index (χ0n) is 9.86. The zero-order chi connectivity index (χ0) is 13.2. The average molecular weight is 278 g/mol. The van der Waals surface area contributed by atoms with Crippen LogP contribution in [0, 0.1) is 0 Å². The third-order valence-electron chi connectivity index (χ3n) is 3.25. The third-order valence-corrected chi connectivity index (χ3v) is 3.62. The van der Waals surface area contributed by atoms with Crippen molar-refractivity contribution in [2.75, 3.05) is 6.54 Å². The molecule has 1 unspecified atom stereocenters. The summed E-state index contributed by atoms with van der Waals surface area (Å²) in [5, 5.41) is 3.73. The fourth-order valence-electron chi connectivity index (χ4n) is 2.27. The Morgan fingerprint density at radius 1 is 1.28 bits per heavy atom. The third kappa shape index (κ3) is 3.39. The number of benzene rings is 1. The molecule has 0 bridgehead atoms. The first-order valence-corrected chi connectivity index (χ1v) is 6.43. The van der Waals surface area contributed by atoms with Gasteiger partial charge in [0.15, 0.2) is 0 Å². The largest absolute Gasteiger partial charge is 0.416 e. The fraction of sp³-hybridized carbons (Fsp3) is 0.538. The molecule has 5 heteroatoms. The Balaban J connectivity index is 2.15. The van der Waals surface area contributed by atoms with Gasteiger partial charge in [-0.05, 0) is 49.6 Å². The van der Waals surface area contributed by atoms with Crippen LogP contribution < -0.4 is 5.32 Å². The Labute approximate surface area is 109 Å². The molecule has 0 saturated carbocycles. The Kier molecular flexibility index (Phi) is 4.17. The van der Waals surface area contributed by atoms with E-state index in [4.69, 9.17) is 11.6 Å². The van der Waals surface area contributed by atoms with E-state index in [2.05, 4.69) is 5.32 Å². The Morgan fingerprint density at radius 2 is 2.06 bits per heavy atom. The number of alkyl halides is 3. The molecule has 100 valence electrons. The van der Waals surface area contributed by atoms with E-state index in [0.717, 1.165) is 31.9 Å². The molecular formula is C13H15ClF3N. The second-order valence-electron chi connectivity index (χ2n) is 4.65. The molecule has 1 aliphatic rings. The van der Waals surface area contributed by atoms with E-state index < -0.39 is 11.7 Å². The molecule has 18 heavy (non-hydrogen) atoms. The van der Waals surface area contributed by atoms with Gasteiger partial charge < -0.3 is 5.32 Å². The summed E-state index contributed by atoms with van der Waals surface area (Å²) >= 11 is 5.97. The lowest BCUT2D eigenvalue weighted by Gasteiger charge is -2.24. The van der Waals surface area contributed by atoms with Gasteiger partial charge in [-0.3, -0.25) is 0 Å². The molecule has 1 nitrogen and oxygen atoms in total. The molecule has 0 aromatic heterocycles. The summed E-state index contributed by atoms with van der Waals surface area (Å²) in [6.45, 7) is 0.932. The van der Waals surface area contributed by atoms with Crippen molar-refractivity contribution < 1.29 is 13.2 Å². The molecular weight excluding hydrogens is 263 g/mol. The molecule has 1 N–H and O–H groups in total. The summed E-state index contributed by atoms with van der Waals surface area (Å²) in [6.07, 6.45) is -0.504. The summed E-state index contributed by atoms with van der Waals surface area (Å²) in [6, 6.07) is 3.76. The van der Waals surface area contributed by atoms with Gasteiger partial charge >= 0.3 is 6.18 Å². The number of rotatable bonds is 2. The highest BCUT2D eigenvalue weighted by Crippen LogP contribution is 2.32. The van der Waals surface area contributed by atoms with Crippen LogP contribution in [-0.2, 0) is 12.6 Å². The maximum absolute atomic E-state index is 12.6. The van der Waals surface area contributed by atoms with Gasteiger partial charge in [-0.15, -0.1) is 0 Å². The van der Waals surface area contributed by atoms with Crippen LogP contribution >= 0.6 is 11.6 Å². The van der Waals surface area contributed by atoms with Gasteiger partial charge in [0.05, 0.1) is 5.56 Å². The number of hydrogen-bond donors (Lipinski definition) is 1. The van der Waals surface area contributed by atoms with Crippen LogP contribution in [0.4, 0.5) is 13.2 Å². The summed E-state index contributed by atoms with van der Waals surface area (Å²) < 4.78 is 37.9. The fourth-order valence-corrected chi connectivity index (χ4v) is 2.47. The molecule has 0 aliphatic carbocycles. The Bertz CT molecular complexity index is 411. The minimum absolute atomic E-state index is 0.236. The maximum atomic E-state index is 12.6. The standard InChI is InChI=1S/C13H15ClF3N/c14-12-5-4-10(13(15,16)17)7-9(12)8-11-3-1-2-6-18-11/h4-5,7,11,18H,1-3,6,8H2. The van der Waals surface area contributed by atoms with Crippen LogP contribution in [0.2, 0.25) is 5.02 Å². The first kappa shape index (κ1) is 13.7. The number of hydrogen-bond acceptors (Lipinski definition) is 1. The summed E-state index contributed by atoms with van der Waals surface area (Å²) in [5.74, 6) is 0. The monoisotopic (exact) mass is 277 g/mol. The van der Waals surface area contributed by atoms with Gasteiger partial charge in [0.25, 0.3) is 0 Å². The predicted molar refractivity (Wildman–Crippen MR) is 65.8 cm³/mol. The minimum Gasteiger partial charge on any atom is -0.314 e. The molecule has 1 aromatic rings. The molecule has 1 aromatic carbocycles. The molecule has 1 fully saturated rings. The second kappa shape index (κ2) is 5.49. The normalized spacial score (nSPS) is 21.0. The van der Waals surface area contributed by atoms with Crippen LogP contribution in [0.25, 0.3) is 0 Å². The van der Waals surface area contributed by atoms with E-state index in [-0.39, 0.29) is 6.04 Å². The zero-order valence-corrected chi connectivity index (χ0v) is 10.6. The highest BCUT2D eigenvalue weighted by molar-refractivity contribution is 6.31. The molecule has 0 radical (unpaired) electrons. The average Bonchev–Trinajstić information content (AvgIpc) is 2.32. The molecule has 1 heterocycles. The van der Waals surface area contributed by atoms with Crippen molar-refractivity contribution in [1.82, 2.24) is 5.32 Å². The van der Waals surface area contributed by atoms with Crippen molar-refractivity contribution in [1.29, 1.82) is 0 Å². The van der Waals surface area contributed by atoms with Crippen LogP contribution in [-0.4, -0.2) is 12.6 Å². The number of piperidine rings is 1. The molecule has 0 spiro atoms. The molecule has 2 rings (SSSR count). The highest BCUT2D eigenvalue weighted by atomic mass is 35.5. The van der Waals surface area contributed by atoms with Gasteiger partial charge in [0.1, 0.15) is 0 Å². The number of halogens is 4. The first-order chi connectivity index (χ1) is 8.47. The quantitative estimate of drug-likeness (QED) is 0.860. The smallest absolute Gasteiger partial charge is 0.314 e. The maximum Gasteiger partial charge on any atom is 0.416 e. The van der Waals surface area contributed by atoms with Crippen LogP contribution in [0.3, 0.4) is 0 Å². The summed E-state index contributed by atoms with van der Waals surface area (Å²) in [7, 11) is 0. The van der Waals surface area contributed by atoms with Gasteiger partial charge in [-0.2, -0.15) is 13.2 Å². The molecule has 1 atom stereocenters. The van der Waals surface area contributed by atoms with E-state index in [1.807, 2.05) is 0 Å².